The van der Waals surface area contributed by atoms with Crippen molar-refractivity contribution in [2.75, 3.05) is 40.3 Å². The Kier molecular flexibility index (Phi) is 6.40. The molecule has 0 N–H and O–H groups in total. The molecule has 3 rings (SSSR count). The predicted molar refractivity (Wildman–Crippen MR) is 106 cm³/mol. The molecule has 0 unspecified atom stereocenters. The second kappa shape index (κ2) is 8.96. The van der Waals surface area contributed by atoms with Gasteiger partial charge >= 0.3 is 0 Å². The van der Waals surface area contributed by atoms with Crippen LogP contribution in [0, 0.1) is 17.1 Å². The Hall–Kier alpha value is -2.75. The van der Waals surface area contributed by atoms with E-state index < -0.39 is 6.04 Å². The Labute approximate surface area is 165 Å². The summed E-state index contributed by atoms with van der Waals surface area (Å²) in [6.45, 7) is 3.50. The second-order valence-electron chi connectivity index (χ2n) is 7.29. The summed E-state index contributed by atoms with van der Waals surface area (Å²) in [5.41, 5.74) is 2.51. The maximum atomic E-state index is 13.2. The van der Waals surface area contributed by atoms with E-state index >= 15 is 0 Å². The van der Waals surface area contributed by atoms with Gasteiger partial charge in [-0.2, -0.15) is 5.26 Å². The molecular formula is C22H25FN4O. The van der Waals surface area contributed by atoms with Crippen LogP contribution in [0.15, 0.2) is 48.5 Å². The van der Waals surface area contributed by atoms with Gasteiger partial charge in [-0.25, -0.2) is 4.39 Å². The zero-order valence-electron chi connectivity index (χ0n) is 16.3. The Balaban J connectivity index is 1.64. The lowest BCUT2D eigenvalue weighted by Crippen LogP contribution is -2.51. The molecule has 2 aromatic rings. The minimum absolute atomic E-state index is 0.0358. The van der Waals surface area contributed by atoms with Crippen LogP contribution in [0.5, 0.6) is 0 Å². The van der Waals surface area contributed by atoms with Crippen molar-refractivity contribution in [2.45, 2.75) is 12.6 Å². The zero-order chi connectivity index (χ0) is 20.1. The molecule has 1 amide bonds. The highest BCUT2D eigenvalue weighted by atomic mass is 19.1. The number of halogens is 1. The Morgan fingerprint density at radius 3 is 2.36 bits per heavy atom. The monoisotopic (exact) mass is 380 g/mol. The molecule has 5 nitrogen and oxygen atoms in total. The third kappa shape index (κ3) is 4.56. The molecule has 1 aliphatic rings. The highest BCUT2D eigenvalue weighted by molar-refractivity contribution is 5.83. The molecule has 1 heterocycles. The molecule has 0 aliphatic carbocycles. The van der Waals surface area contributed by atoms with Gasteiger partial charge in [-0.3, -0.25) is 14.6 Å². The van der Waals surface area contributed by atoms with Crippen LogP contribution in [-0.2, 0) is 11.3 Å². The lowest BCUT2D eigenvalue weighted by atomic mass is 10.0. The fraction of sp³-hybridized carbons (Fsp3) is 0.364. The van der Waals surface area contributed by atoms with E-state index in [0.717, 1.165) is 24.2 Å². The van der Waals surface area contributed by atoms with Gasteiger partial charge in [0.15, 0.2) is 0 Å². The summed E-state index contributed by atoms with van der Waals surface area (Å²) >= 11 is 0. The molecule has 1 aliphatic heterocycles. The van der Waals surface area contributed by atoms with Gasteiger partial charge < -0.3 is 4.90 Å². The summed E-state index contributed by atoms with van der Waals surface area (Å²) in [6, 6.07) is 15.6. The number of likely N-dealkylation sites (N-methyl/N-ethyl adjacent to an activating group) is 1. The normalized spacial score (nSPS) is 16.0. The number of hydrogen-bond acceptors (Lipinski definition) is 4. The average Bonchev–Trinajstić information content (AvgIpc) is 2.70. The fourth-order valence-electron chi connectivity index (χ4n) is 3.61. The summed E-state index contributed by atoms with van der Waals surface area (Å²) in [5.74, 6) is -0.270. The van der Waals surface area contributed by atoms with Gasteiger partial charge in [0.05, 0.1) is 11.6 Å². The van der Waals surface area contributed by atoms with E-state index in [9.17, 15) is 14.4 Å². The first-order valence-electron chi connectivity index (χ1n) is 9.40. The molecule has 1 atom stereocenters. The van der Waals surface area contributed by atoms with Gasteiger partial charge in [0.1, 0.15) is 11.9 Å². The predicted octanol–water partition coefficient (Wildman–Crippen LogP) is 2.64. The minimum atomic E-state index is -0.425. The van der Waals surface area contributed by atoms with Crippen LogP contribution in [0.1, 0.15) is 22.7 Å². The van der Waals surface area contributed by atoms with Crippen molar-refractivity contribution in [3.05, 3.63) is 71.0 Å². The van der Waals surface area contributed by atoms with Crippen LogP contribution >= 0.6 is 0 Å². The molecule has 146 valence electrons. The maximum absolute atomic E-state index is 13.2. The number of nitriles is 1. The molecule has 0 saturated carbocycles. The van der Waals surface area contributed by atoms with E-state index in [4.69, 9.17) is 0 Å². The molecule has 0 radical (unpaired) electrons. The third-order valence-electron chi connectivity index (χ3n) is 5.15. The first-order chi connectivity index (χ1) is 13.5. The molecule has 0 spiro atoms. The smallest absolute Gasteiger partial charge is 0.244 e. The van der Waals surface area contributed by atoms with E-state index in [2.05, 4.69) is 11.0 Å². The van der Waals surface area contributed by atoms with Gasteiger partial charge in [-0.05, 0) is 43.4 Å². The molecule has 2 aromatic carbocycles. The summed E-state index contributed by atoms with van der Waals surface area (Å²) in [4.78, 5) is 19.1. The maximum Gasteiger partial charge on any atom is 0.244 e. The van der Waals surface area contributed by atoms with Crippen molar-refractivity contribution >= 4 is 5.91 Å². The van der Waals surface area contributed by atoms with Crippen LogP contribution in [0.25, 0.3) is 0 Å². The minimum Gasteiger partial charge on any atom is -0.338 e. The first-order valence-corrected chi connectivity index (χ1v) is 9.40. The molecule has 28 heavy (non-hydrogen) atoms. The third-order valence-corrected chi connectivity index (χ3v) is 5.15. The van der Waals surface area contributed by atoms with E-state index in [1.54, 1.807) is 12.1 Å². The Morgan fingerprint density at radius 2 is 1.75 bits per heavy atom. The van der Waals surface area contributed by atoms with Gasteiger partial charge in [0.25, 0.3) is 0 Å². The average molecular weight is 380 g/mol. The van der Waals surface area contributed by atoms with Crippen molar-refractivity contribution < 1.29 is 9.18 Å². The number of carbonyl (C=O) groups is 1. The number of amides is 1. The largest absolute Gasteiger partial charge is 0.338 e. The first kappa shape index (κ1) is 20.0. The molecule has 1 fully saturated rings. The quantitative estimate of drug-likeness (QED) is 0.800. The van der Waals surface area contributed by atoms with E-state index in [0.29, 0.717) is 25.2 Å². The highest BCUT2D eigenvalue weighted by Crippen LogP contribution is 2.22. The van der Waals surface area contributed by atoms with Gasteiger partial charge in [0.2, 0.25) is 5.91 Å². The number of rotatable bonds is 5. The summed E-state index contributed by atoms with van der Waals surface area (Å²) in [7, 11) is 3.72. The zero-order valence-corrected chi connectivity index (χ0v) is 16.3. The van der Waals surface area contributed by atoms with Crippen molar-refractivity contribution in [3.8, 4) is 6.07 Å². The van der Waals surface area contributed by atoms with Crippen molar-refractivity contribution in [3.63, 3.8) is 0 Å². The Morgan fingerprint density at radius 1 is 1.11 bits per heavy atom. The van der Waals surface area contributed by atoms with E-state index in [-0.39, 0.29) is 11.7 Å². The van der Waals surface area contributed by atoms with Crippen LogP contribution in [-0.4, -0.2) is 60.9 Å². The van der Waals surface area contributed by atoms with Crippen molar-refractivity contribution in [2.24, 2.45) is 0 Å². The Bertz CT molecular complexity index is 852. The lowest BCUT2D eigenvalue weighted by Gasteiger charge is -2.37. The van der Waals surface area contributed by atoms with E-state index in [1.165, 1.54) is 12.1 Å². The van der Waals surface area contributed by atoms with Gasteiger partial charge in [0, 0.05) is 32.7 Å². The molecule has 0 aromatic heterocycles. The topological polar surface area (TPSA) is 50.6 Å². The van der Waals surface area contributed by atoms with Crippen LogP contribution in [0.4, 0.5) is 4.39 Å². The highest BCUT2D eigenvalue weighted by Gasteiger charge is 2.30. The molecule has 1 saturated heterocycles. The van der Waals surface area contributed by atoms with Crippen molar-refractivity contribution in [1.29, 1.82) is 5.26 Å². The van der Waals surface area contributed by atoms with Crippen LogP contribution in [0.3, 0.4) is 0 Å². The van der Waals surface area contributed by atoms with E-state index in [1.807, 2.05) is 48.2 Å². The number of nitrogens with zero attached hydrogens (tertiary/aromatic N) is 4. The summed E-state index contributed by atoms with van der Waals surface area (Å²) in [5, 5.41) is 9.25. The van der Waals surface area contributed by atoms with Crippen molar-refractivity contribution in [1.82, 2.24) is 14.7 Å². The van der Waals surface area contributed by atoms with Gasteiger partial charge in [-0.1, -0.05) is 30.3 Å². The summed E-state index contributed by atoms with van der Waals surface area (Å²) < 4.78 is 13.2. The van der Waals surface area contributed by atoms with Crippen LogP contribution < -0.4 is 0 Å². The standard InChI is InChI=1S/C22H25FN4O/c1-25(2)21(17-7-9-20(23)10-8-17)22(28)27-13-11-26(12-14-27)16-19-6-4-3-5-18(19)15-24/h3-10,21H,11-14,16H2,1-2H3/t21-/m1/s1. The fourth-order valence-corrected chi connectivity index (χ4v) is 3.61. The van der Waals surface area contributed by atoms with Gasteiger partial charge in [-0.15, -0.1) is 0 Å². The number of hydrogen-bond donors (Lipinski definition) is 0. The van der Waals surface area contributed by atoms with Crippen LogP contribution in [0.2, 0.25) is 0 Å². The molecule has 0 bridgehead atoms. The molecule has 6 heteroatoms. The second-order valence-corrected chi connectivity index (χ2v) is 7.29. The number of piperazine rings is 1. The number of carbonyl (C=O) groups excluding carboxylic acids is 1. The number of benzene rings is 2. The SMILES string of the molecule is CN(C)[C@@H](C(=O)N1CCN(Cc2ccccc2C#N)CC1)c1ccc(F)cc1. The summed E-state index contributed by atoms with van der Waals surface area (Å²) in [6.07, 6.45) is 0. The molecular weight excluding hydrogens is 355 g/mol. The lowest BCUT2D eigenvalue weighted by molar-refractivity contribution is -0.138.